The van der Waals surface area contributed by atoms with Gasteiger partial charge in [0.05, 0.1) is 30.5 Å². The Morgan fingerprint density at radius 1 is 1.23 bits per heavy atom. The number of hydroxylamine groups is 2. The van der Waals surface area contributed by atoms with Crippen LogP contribution in [0.3, 0.4) is 0 Å². The average molecular weight is 294 g/mol. The summed E-state index contributed by atoms with van der Waals surface area (Å²) < 4.78 is 2.07. The molecule has 0 spiro atoms. The third-order valence-corrected chi connectivity index (χ3v) is 4.00. The summed E-state index contributed by atoms with van der Waals surface area (Å²) in [6.45, 7) is 0.961. The average Bonchev–Trinajstić information content (AvgIpc) is 2.95. The summed E-state index contributed by atoms with van der Waals surface area (Å²) in [4.78, 5) is 20.6. The minimum Gasteiger partial charge on any atom is -0.340 e. The van der Waals surface area contributed by atoms with Gasteiger partial charge in [0.1, 0.15) is 5.69 Å². The molecule has 22 heavy (non-hydrogen) atoms. The van der Waals surface area contributed by atoms with Crippen LogP contribution in [0, 0.1) is 0 Å². The van der Waals surface area contributed by atoms with Gasteiger partial charge in [-0.3, -0.25) is 15.0 Å². The topological polar surface area (TPSA) is 71.2 Å². The van der Waals surface area contributed by atoms with Crippen molar-refractivity contribution in [3.05, 3.63) is 59.8 Å². The zero-order valence-corrected chi connectivity index (χ0v) is 11.8. The second-order valence-corrected chi connectivity index (χ2v) is 5.33. The first-order chi connectivity index (χ1) is 10.7. The number of hydrogen-bond donors (Lipinski definition) is 1. The normalized spacial score (nSPS) is 14.4. The van der Waals surface area contributed by atoms with Crippen LogP contribution in [0.4, 0.5) is 0 Å². The molecular weight excluding hydrogens is 280 g/mol. The number of aromatic nitrogens is 3. The number of rotatable bonds is 2. The maximum Gasteiger partial charge on any atom is 0.296 e. The molecule has 1 amide bonds. The maximum absolute atomic E-state index is 12.0. The van der Waals surface area contributed by atoms with Crippen molar-refractivity contribution in [3.8, 4) is 0 Å². The fraction of sp³-hybridized carbons (Fsp3) is 0.188. The minimum atomic E-state index is -0.430. The van der Waals surface area contributed by atoms with Gasteiger partial charge < -0.3 is 4.57 Å². The van der Waals surface area contributed by atoms with Crippen molar-refractivity contribution >= 4 is 16.8 Å². The van der Waals surface area contributed by atoms with Gasteiger partial charge in [-0.25, -0.2) is 10.0 Å². The maximum atomic E-state index is 12.0. The number of fused-ring (bicyclic) bond motifs is 3. The van der Waals surface area contributed by atoms with Gasteiger partial charge in [0.25, 0.3) is 5.91 Å². The van der Waals surface area contributed by atoms with Gasteiger partial charge >= 0.3 is 0 Å². The first kappa shape index (κ1) is 13.0. The van der Waals surface area contributed by atoms with E-state index in [4.69, 9.17) is 0 Å². The molecule has 1 aliphatic heterocycles. The predicted octanol–water partition coefficient (Wildman–Crippen LogP) is 1.87. The molecule has 0 saturated heterocycles. The lowest BCUT2D eigenvalue weighted by atomic mass is 10.0. The van der Waals surface area contributed by atoms with Gasteiger partial charge in [0.15, 0.2) is 0 Å². The first-order valence-electron chi connectivity index (χ1n) is 7.11. The van der Waals surface area contributed by atoms with Crippen molar-refractivity contribution < 1.29 is 10.0 Å². The molecule has 0 atom stereocenters. The van der Waals surface area contributed by atoms with Crippen LogP contribution in [0.5, 0.6) is 0 Å². The van der Waals surface area contributed by atoms with Crippen molar-refractivity contribution in [3.63, 3.8) is 0 Å². The third kappa shape index (κ3) is 1.96. The molecule has 1 aliphatic rings. The fourth-order valence-electron chi connectivity index (χ4n) is 2.90. The Morgan fingerprint density at radius 2 is 2.14 bits per heavy atom. The van der Waals surface area contributed by atoms with E-state index >= 15 is 0 Å². The van der Waals surface area contributed by atoms with Crippen molar-refractivity contribution in [1.82, 2.24) is 19.6 Å². The van der Waals surface area contributed by atoms with E-state index in [1.165, 1.54) is 0 Å². The lowest BCUT2D eigenvalue weighted by Crippen LogP contribution is -2.35. The molecule has 0 unspecified atom stereocenters. The van der Waals surface area contributed by atoms with Gasteiger partial charge in [-0.05, 0) is 30.2 Å². The molecule has 4 heterocycles. The molecule has 0 aromatic carbocycles. The first-order valence-corrected chi connectivity index (χ1v) is 7.11. The van der Waals surface area contributed by atoms with Gasteiger partial charge in [-0.15, -0.1) is 0 Å². The molecule has 1 N–H and O–H groups in total. The van der Waals surface area contributed by atoms with Crippen molar-refractivity contribution in [1.29, 1.82) is 0 Å². The van der Waals surface area contributed by atoms with Crippen LogP contribution < -0.4 is 0 Å². The van der Waals surface area contributed by atoms with Crippen LogP contribution in [0.2, 0.25) is 0 Å². The molecule has 3 aromatic heterocycles. The molecule has 4 rings (SSSR count). The van der Waals surface area contributed by atoms with E-state index in [9.17, 15) is 10.0 Å². The van der Waals surface area contributed by atoms with Gasteiger partial charge in [-0.1, -0.05) is 6.07 Å². The zero-order valence-electron chi connectivity index (χ0n) is 11.8. The molecule has 110 valence electrons. The number of carbonyl (C=O) groups is 1. The van der Waals surface area contributed by atoms with E-state index in [1.807, 2.05) is 30.5 Å². The molecule has 0 aliphatic carbocycles. The lowest BCUT2D eigenvalue weighted by Gasteiger charge is -2.22. The highest BCUT2D eigenvalue weighted by molar-refractivity contribution is 5.99. The Labute approximate surface area is 126 Å². The highest BCUT2D eigenvalue weighted by Crippen LogP contribution is 2.26. The van der Waals surface area contributed by atoms with Gasteiger partial charge in [-0.2, -0.15) is 0 Å². The summed E-state index contributed by atoms with van der Waals surface area (Å²) >= 11 is 0. The van der Waals surface area contributed by atoms with E-state index in [0.29, 0.717) is 25.2 Å². The molecule has 0 saturated carbocycles. The number of hydrogen-bond acceptors (Lipinski definition) is 4. The monoisotopic (exact) mass is 294 g/mol. The summed E-state index contributed by atoms with van der Waals surface area (Å²) in [5.41, 5.74) is 3.20. The van der Waals surface area contributed by atoms with Crippen LogP contribution in [0.1, 0.15) is 21.7 Å². The van der Waals surface area contributed by atoms with Crippen LogP contribution in [-0.4, -0.2) is 37.3 Å². The summed E-state index contributed by atoms with van der Waals surface area (Å²) in [6, 6.07) is 7.83. The van der Waals surface area contributed by atoms with Crippen LogP contribution in [0.15, 0.2) is 42.9 Å². The molecule has 0 bridgehead atoms. The minimum absolute atomic E-state index is 0.304. The highest BCUT2D eigenvalue weighted by atomic mass is 16.5. The Morgan fingerprint density at radius 3 is 2.95 bits per heavy atom. The van der Waals surface area contributed by atoms with Crippen molar-refractivity contribution in [2.75, 3.05) is 6.54 Å². The quantitative estimate of drug-likeness (QED) is 0.732. The number of carbonyl (C=O) groups excluding carboxylic acids is 1. The summed E-state index contributed by atoms with van der Waals surface area (Å²) in [6.07, 6.45) is 6.05. The SMILES string of the molecule is O=C1c2ncc3c(ccn3Cc3ccccn3)c2CCN1O. The van der Waals surface area contributed by atoms with Gasteiger partial charge in [0, 0.05) is 17.8 Å². The fourth-order valence-corrected chi connectivity index (χ4v) is 2.90. The van der Waals surface area contributed by atoms with Crippen molar-refractivity contribution in [2.24, 2.45) is 0 Å². The second kappa shape index (κ2) is 4.92. The predicted molar refractivity (Wildman–Crippen MR) is 79.6 cm³/mol. The Hall–Kier alpha value is -2.73. The molecule has 6 heteroatoms. The number of nitrogens with zero attached hydrogens (tertiary/aromatic N) is 4. The number of amides is 1. The Balaban J connectivity index is 1.79. The van der Waals surface area contributed by atoms with E-state index in [-0.39, 0.29) is 0 Å². The summed E-state index contributed by atoms with van der Waals surface area (Å²) in [5.74, 6) is -0.430. The van der Waals surface area contributed by atoms with Crippen LogP contribution in [-0.2, 0) is 13.0 Å². The van der Waals surface area contributed by atoms with Crippen LogP contribution in [0.25, 0.3) is 10.9 Å². The summed E-state index contributed by atoms with van der Waals surface area (Å²) in [5, 5.41) is 11.3. The second-order valence-electron chi connectivity index (χ2n) is 5.33. The number of pyridine rings is 2. The summed E-state index contributed by atoms with van der Waals surface area (Å²) in [7, 11) is 0. The van der Waals surface area contributed by atoms with E-state index in [0.717, 1.165) is 27.2 Å². The van der Waals surface area contributed by atoms with E-state index in [2.05, 4.69) is 14.5 Å². The Bertz CT molecular complexity index is 857. The lowest BCUT2D eigenvalue weighted by molar-refractivity contribution is -0.0606. The smallest absolute Gasteiger partial charge is 0.296 e. The molecular formula is C16H14N4O2. The van der Waals surface area contributed by atoms with Crippen molar-refractivity contribution in [2.45, 2.75) is 13.0 Å². The molecule has 3 aromatic rings. The molecule has 0 fully saturated rings. The van der Waals surface area contributed by atoms with Gasteiger partial charge in [0.2, 0.25) is 0 Å². The largest absolute Gasteiger partial charge is 0.340 e. The molecule has 6 nitrogen and oxygen atoms in total. The Kier molecular flexibility index (Phi) is 2.90. The van der Waals surface area contributed by atoms with E-state index < -0.39 is 5.91 Å². The molecule has 0 radical (unpaired) electrons. The van der Waals surface area contributed by atoms with Crippen LogP contribution >= 0.6 is 0 Å². The van der Waals surface area contributed by atoms with E-state index in [1.54, 1.807) is 12.4 Å². The zero-order chi connectivity index (χ0) is 15.1. The standard InChI is InChI=1S/C16H14N4O2/c21-16-15-13(5-8-20(16)22)12-4-7-19(14(12)9-18-15)10-11-3-1-2-6-17-11/h1-4,6-7,9,22H,5,8,10H2. The third-order valence-electron chi connectivity index (χ3n) is 4.00. The highest BCUT2D eigenvalue weighted by Gasteiger charge is 2.26.